The van der Waals surface area contributed by atoms with Crippen LogP contribution >= 0.6 is 0 Å². The molecule has 0 bridgehead atoms. The van der Waals surface area contributed by atoms with Gasteiger partial charge in [0.15, 0.2) is 0 Å². The van der Waals surface area contributed by atoms with Gasteiger partial charge in [0.1, 0.15) is 0 Å². The molecule has 2 aliphatic carbocycles. The van der Waals surface area contributed by atoms with E-state index in [9.17, 15) is 4.79 Å². The Bertz CT molecular complexity index is 672. The molecule has 0 radical (unpaired) electrons. The highest BCUT2D eigenvalue weighted by molar-refractivity contribution is 5.95. The van der Waals surface area contributed by atoms with Gasteiger partial charge in [0.05, 0.1) is 23.1 Å². The Hall–Kier alpha value is -2.10. The number of nitrogens with zero attached hydrogens (tertiary/aromatic N) is 2. The van der Waals surface area contributed by atoms with Crippen LogP contribution in [0.5, 0.6) is 0 Å². The zero-order chi connectivity index (χ0) is 15.1. The van der Waals surface area contributed by atoms with Gasteiger partial charge in [0, 0.05) is 6.04 Å². The molecule has 4 heteroatoms. The van der Waals surface area contributed by atoms with E-state index in [0.717, 1.165) is 11.4 Å². The second-order valence-corrected chi connectivity index (χ2v) is 6.57. The number of amides is 1. The van der Waals surface area contributed by atoms with Crippen molar-refractivity contribution in [1.29, 1.82) is 0 Å². The summed E-state index contributed by atoms with van der Waals surface area (Å²) >= 11 is 0. The third-order valence-corrected chi connectivity index (χ3v) is 4.81. The van der Waals surface area contributed by atoms with Gasteiger partial charge in [-0.2, -0.15) is 5.10 Å². The van der Waals surface area contributed by atoms with Gasteiger partial charge in [-0.1, -0.05) is 18.2 Å². The van der Waals surface area contributed by atoms with Gasteiger partial charge in [-0.3, -0.25) is 4.79 Å². The van der Waals surface area contributed by atoms with E-state index in [4.69, 9.17) is 0 Å². The number of para-hydroxylation sites is 1. The second kappa shape index (κ2) is 5.27. The molecule has 1 amide bonds. The van der Waals surface area contributed by atoms with E-state index in [1.54, 1.807) is 6.20 Å². The topological polar surface area (TPSA) is 46.9 Å². The maximum Gasteiger partial charge on any atom is 0.254 e. The van der Waals surface area contributed by atoms with Crippen molar-refractivity contribution in [3.63, 3.8) is 0 Å². The molecule has 1 aromatic heterocycles. The molecule has 1 aromatic carbocycles. The van der Waals surface area contributed by atoms with Crippen LogP contribution < -0.4 is 5.32 Å². The summed E-state index contributed by atoms with van der Waals surface area (Å²) in [7, 11) is 0. The van der Waals surface area contributed by atoms with Crippen molar-refractivity contribution in [1.82, 2.24) is 15.1 Å². The van der Waals surface area contributed by atoms with Crippen LogP contribution in [0.2, 0.25) is 0 Å². The molecule has 2 aromatic rings. The van der Waals surface area contributed by atoms with Gasteiger partial charge in [0.25, 0.3) is 5.91 Å². The Kier molecular flexibility index (Phi) is 3.25. The third kappa shape index (κ3) is 2.54. The molecule has 4 nitrogen and oxygen atoms in total. The molecule has 0 aliphatic heterocycles. The van der Waals surface area contributed by atoms with Crippen molar-refractivity contribution in [2.24, 2.45) is 11.8 Å². The van der Waals surface area contributed by atoms with Crippen molar-refractivity contribution in [2.75, 3.05) is 0 Å². The highest BCUT2D eigenvalue weighted by Gasteiger charge is 2.42. The first-order valence-electron chi connectivity index (χ1n) is 8.15. The molecular weight excluding hydrogens is 274 g/mol. The first-order valence-corrected chi connectivity index (χ1v) is 8.15. The summed E-state index contributed by atoms with van der Waals surface area (Å²) in [6.07, 6.45) is 6.76. The van der Waals surface area contributed by atoms with Crippen LogP contribution in [0.1, 0.15) is 41.7 Å². The number of hydrogen-bond acceptors (Lipinski definition) is 2. The highest BCUT2D eigenvalue weighted by Crippen LogP contribution is 2.44. The minimum absolute atomic E-state index is 0.0310. The first-order chi connectivity index (χ1) is 10.7. The van der Waals surface area contributed by atoms with Gasteiger partial charge >= 0.3 is 0 Å². The van der Waals surface area contributed by atoms with E-state index in [0.29, 0.717) is 23.4 Å². The Labute approximate surface area is 130 Å². The summed E-state index contributed by atoms with van der Waals surface area (Å²) in [5.41, 5.74) is 2.57. The predicted octanol–water partition coefficient (Wildman–Crippen LogP) is 3.10. The molecule has 0 saturated heterocycles. The lowest BCUT2D eigenvalue weighted by molar-refractivity contribution is 0.0925. The van der Waals surface area contributed by atoms with Gasteiger partial charge < -0.3 is 5.32 Å². The predicted molar refractivity (Wildman–Crippen MR) is 85.0 cm³/mol. The summed E-state index contributed by atoms with van der Waals surface area (Å²) in [5.74, 6) is 1.45. The fourth-order valence-corrected chi connectivity index (χ4v) is 3.22. The van der Waals surface area contributed by atoms with E-state index < -0.39 is 0 Å². The number of rotatable bonds is 5. The summed E-state index contributed by atoms with van der Waals surface area (Å²) in [4.78, 5) is 12.6. The Morgan fingerprint density at radius 2 is 1.82 bits per heavy atom. The number of benzene rings is 1. The summed E-state index contributed by atoms with van der Waals surface area (Å²) in [6.45, 7) is 1.96. The number of hydrogen-bond donors (Lipinski definition) is 1. The lowest BCUT2D eigenvalue weighted by Crippen LogP contribution is -2.38. The van der Waals surface area contributed by atoms with Crippen molar-refractivity contribution in [3.05, 3.63) is 47.8 Å². The van der Waals surface area contributed by atoms with E-state index in [2.05, 4.69) is 10.4 Å². The smallest absolute Gasteiger partial charge is 0.254 e. The van der Waals surface area contributed by atoms with Crippen LogP contribution in [-0.4, -0.2) is 21.7 Å². The molecule has 2 aliphatic rings. The first kappa shape index (κ1) is 13.6. The number of carbonyl (C=O) groups is 1. The largest absolute Gasteiger partial charge is 0.349 e. The Balaban J connectivity index is 1.55. The summed E-state index contributed by atoms with van der Waals surface area (Å²) < 4.78 is 1.83. The van der Waals surface area contributed by atoms with Crippen molar-refractivity contribution >= 4 is 5.91 Å². The highest BCUT2D eigenvalue weighted by atomic mass is 16.1. The van der Waals surface area contributed by atoms with Gasteiger partial charge in [-0.25, -0.2) is 4.68 Å². The number of carbonyl (C=O) groups excluding carboxylic acids is 1. The van der Waals surface area contributed by atoms with Crippen molar-refractivity contribution in [2.45, 2.75) is 38.6 Å². The normalized spacial score (nSPS) is 17.7. The molecular formula is C18H21N3O. The van der Waals surface area contributed by atoms with Crippen molar-refractivity contribution in [3.8, 4) is 5.69 Å². The molecule has 1 N–H and O–H groups in total. The third-order valence-electron chi connectivity index (χ3n) is 4.81. The lowest BCUT2D eigenvalue weighted by Gasteiger charge is -2.17. The number of nitrogens with one attached hydrogen (secondary N) is 1. The maximum absolute atomic E-state index is 12.6. The minimum Gasteiger partial charge on any atom is -0.349 e. The van der Waals surface area contributed by atoms with E-state index in [1.165, 1.54) is 25.7 Å². The van der Waals surface area contributed by atoms with E-state index in [1.807, 2.05) is 41.9 Å². The summed E-state index contributed by atoms with van der Waals surface area (Å²) in [5, 5.41) is 7.66. The van der Waals surface area contributed by atoms with Gasteiger partial charge in [-0.15, -0.1) is 0 Å². The molecule has 0 unspecified atom stereocenters. The van der Waals surface area contributed by atoms with E-state index >= 15 is 0 Å². The van der Waals surface area contributed by atoms with Crippen LogP contribution in [0.3, 0.4) is 0 Å². The van der Waals surface area contributed by atoms with Crippen molar-refractivity contribution < 1.29 is 4.79 Å². The molecule has 0 atom stereocenters. The van der Waals surface area contributed by atoms with Crippen LogP contribution in [-0.2, 0) is 0 Å². The SMILES string of the molecule is Cc1c(C(=O)NC(C2CC2)C2CC2)cnn1-c1ccccc1. The zero-order valence-corrected chi connectivity index (χ0v) is 12.8. The fraction of sp³-hybridized carbons (Fsp3) is 0.444. The average molecular weight is 295 g/mol. The molecule has 4 rings (SSSR count). The molecule has 114 valence electrons. The van der Waals surface area contributed by atoms with E-state index in [-0.39, 0.29) is 5.91 Å². The van der Waals surface area contributed by atoms with Crippen LogP contribution in [0.4, 0.5) is 0 Å². The summed E-state index contributed by atoms with van der Waals surface area (Å²) in [6, 6.07) is 10.3. The minimum atomic E-state index is 0.0310. The average Bonchev–Trinajstić information content (AvgIpc) is 3.44. The van der Waals surface area contributed by atoms with Crippen LogP contribution in [0.15, 0.2) is 36.5 Å². The molecule has 2 fully saturated rings. The van der Waals surface area contributed by atoms with Crippen LogP contribution in [0, 0.1) is 18.8 Å². The van der Waals surface area contributed by atoms with Crippen LogP contribution in [0.25, 0.3) is 5.69 Å². The Morgan fingerprint density at radius 3 is 2.41 bits per heavy atom. The maximum atomic E-state index is 12.6. The second-order valence-electron chi connectivity index (χ2n) is 6.57. The Morgan fingerprint density at radius 1 is 1.18 bits per heavy atom. The monoisotopic (exact) mass is 295 g/mol. The quantitative estimate of drug-likeness (QED) is 0.921. The molecule has 1 heterocycles. The van der Waals surface area contributed by atoms with Gasteiger partial charge in [-0.05, 0) is 56.6 Å². The van der Waals surface area contributed by atoms with Gasteiger partial charge in [0.2, 0.25) is 0 Å². The molecule has 22 heavy (non-hydrogen) atoms. The lowest BCUT2D eigenvalue weighted by atomic mass is 10.1. The molecule has 0 spiro atoms. The zero-order valence-electron chi connectivity index (χ0n) is 12.8. The fourth-order valence-electron chi connectivity index (χ4n) is 3.22. The standard InChI is InChI=1S/C18H21N3O/c1-12-16(11-19-21(12)15-5-3-2-4-6-15)18(22)20-17(13-7-8-13)14-9-10-14/h2-6,11,13-14,17H,7-10H2,1H3,(H,20,22). The molecule has 2 saturated carbocycles. The number of aromatic nitrogens is 2.